The van der Waals surface area contributed by atoms with E-state index >= 15 is 0 Å². The fourth-order valence-electron chi connectivity index (χ4n) is 2.65. The number of nitrogens with one attached hydrogen (secondary N) is 1. The van der Waals surface area contributed by atoms with Crippen molar-refractivity contribution in [2.24, 2.45) is 0 Å². The van der Waals surface area contributed by atoms with Crippen LogP contribution in [-0.2, 0) is 19.6 Å². The van der Waals surface area contributed by atoms with E-state index in [-0.39, 0.29) is 6.61 Å². The van der Waals surface area contributed by atoms with Crippen molar-refractivity contribution in [1.29, 1.82) is 0 Å². The normalized spacial score (nSPS) is 10.7. The molecule has 0 aliphatic rings. The number of benzene rings is 2. The molecule has 3 aromatic rings. The third-order valence-corrected chi connectivity index (χ3v) is 4.01. The highest BCUT2D eigenvalue weighted by atomic mass is 16.3. The molecule has 122 valence electrons. The van der Waals surface area contributed by atoms with Gasteiger partial charge < -0.3 is 10.4 Å². The number of rotatable bonds is 7. The molecule has 0 amide bonds. The molecule has 3 heteroatoms. The smallest absolute Gasteiger partial charge is 0.0702 e. The summed E-state index contributed by atoms with van der Waals surface area (Å²) in [6.07, 6.45) is 2.80. The summed E-state index contributed by atoms with van der Waals surface area (Å²) in [4.78, 5) is 4.40. The average Bonchev–Trinajstić information content (AvgIpc) is 2.67. The fraction of sp³-hybridized carbons (Fsp3) is 0.190. The highest BCUT2D eigenvalue weighted by Gasteiger charge is 2.00. The molecule has 1 aromatic heterocycles. The van der Waals surface area contributed by atoms with Crippen molar-refractivity contribution < 1.29 is 5.11 Å². The number of aliphatic hydroxyl groups is 1. The third-order valence-electron chi connectivity index (χ3n) is 4.01. The molecule has 0 aliphatic heterocycles. The topological polar surface area (TPSA) is 45.1 Å². The minimum atomic E-state index is 0.102. The van der Waals surface area contributed by atoms with Gasteiger partial charge in [0, 0.05) is 18.3 Å². The van der Waals surface area contributed by atoms with Crippen LogP contribution in [-0.4, -0.2) is 16.6 Å². The average molecular weight is 318 g/mol. The third kappa shape index (κ3) is 4.51. The van der Waals surface area contributed by atoms with Gasteiger partial charge in [-0.15, -0.1) is 0 Å². The van der Waals surface area contributed by atoms with E-state index in [0.717, 1.165) is 36.3 Å². The standard InChI is InChI=1S/C21H22N2O/c24-16-18-9-7-17(8-10-18)11-13-22-15-19-4-3-5-20(14-19)21-6-1-2-12-23-21/h1-10,12,14,22,24H,11,13,15-16H2. The molecule has 0 saturated heterocycles. The summed E-state index contributed by atoms with van der Waals surface area (Å²) in [7, 11) is 0. The van der Waals surface area contributed by atoms with E-state index in [4.69, 9.17) is 5.11 Å². The molecule has 1 heterocycles. The molecule has 0 atom stereocenters. The fourth-order valence-corrected chi connectivity index (χ4v) is 2.65. The van der Waals surface area contributed by atoms with Gasteiger partial charge in [-0.2, -0.15) is 0 Å². The van der Waals surface area contributed by atoms with Crippen LogP contribution in [0.25, 0.3) is 11.3 Å². The Morgan fingerprint density at radius 3 is 2.42 bits per heavy atom. The summed E-state index contributed by atoms with van der Waals surface area (Å²) in [5.41, 5.74) is 5.64. The van der Waals surface area contributed by atoms with E-state index in [1.54, 1.807) is 0 Å². The first-order valence-electron chi connectivity index (χ1n) is 8.25. The van der Waals surface area contributed by atoms with Gasteiger partial charge in [-0.3, -0.25) is 4.98 Å². The van der Waals surface area contributed by atoms with Crippen molar-refractivity contribution >= 4 is 0 Å². The number of pyridine rings is 1. The molecule has 0 aliphatic carbocycles. The summed E-state index contributed by atoms with van der Waals surface area (Å²) in [6.45, 7) is 1.87. The molecule has 3 rings (SSSR count). The minimum absolute atomic E-state index is 0.102. The van der Waals surface area contributed by atoms with Crippen molar-refractivity contribution in [2.45, 2.75) is 19.6 Å². The first kappa shape index (κ1) is 16.4. The molecule has 2 aromatic carbocycles. The van der Waals surface area contributed by atoms with Gasteiger partial charge in [0.15, 0.2) is 0 Å². The molecule has 3 nitrogen and oxygen atoms in total. The predicted molar refractivity (Wildman–Crippen MR) is 97.4 cm³/mol. The lowest BCUT2D eigenvalue weighted by Crippen LogP contribution is -2.16. The van der Waals surface area contributed by atoms with Crippen LogP contribution in [0, 0.1) is 0 Å². The molecule has 24 heavy (non-hydrogen) atoms. The van der Waals surface area contributed by atoms with Crippen molar-refractivity contribution in [1.82, 2.24) is 10.3 Å². The van der Waals surface area contributed by atoms with Crippen molar-refractivity contribution in [3.63, 3.8) is 0 Å². The highest BCUT2D eigenvalue weighted by molar-refractivity contribution is 5.59. The molecule has 0 radical (unpaired) electrons. The van der Waals surface area contributed by atoms with Crippen LogP contribution in [0.4, 0.5) is 0 Å². The summed E-state index contributed by atoms with van der Waals surface area (Å²) >= 11 is 0. The first-order valence-corrected chi connectivity index (χ1v) is 8.25. The lowest BCUT2D eigenvalue weighted by atomic mass is 10.1. The maximum atomic E-state index is 9.06. The lowest BCUT2D eigenvalue weighted by molar-refractivity contribution is 0.282. The SMILES string of the molecule is OCc1ccc(CCNCc2cccc(-c3ccccn3)c2)cc1. The number of nitrogens with zero attached hydrogens (tertiary/aromatic N) is 1. The molecule has 0 unspecified atom stereocenters. The second-order valence-electron chi connectivity index (χ2n) is 5.82. The Balaban J connectivity index is 1.51. The maximum Gasteiger partial charge on any atom is 0.0702 e. The van der Waals surface area contributed by atoms with Crippen LogP contribution < -0.4 is 5.32 Å². The second-order valence-corrected chi connectivity index (χ2v) is 5.82. The second kappa shape index (κ2) is 8.39. The number of hydrogen-bond donors (Lipinski definition) is 2. The zero-order chi connectivity index (χ0) is 16.6. The Kier molecular flexibility index (Phi) is 5.72. The number of aromatic nitrogens is 1. The molecule has 0 bridgehead atoms. The van der Waals surface area contributed by atoms with Gasteiger partial charge >= 0.3 is 0 Å². The highest BCUT2D eigenvalue weighted by Crippen LogP contribution is 2.17. The van der Waals surface area contributed by atoms with E-state index in [9.17, 15) is 0 Å². The summed E-state index contributed by atoms with van der Waals surface area (Å²) < 4.78 is 0. The summed E-state index contributed by atoms with van der Waals surface area (Å²) in [6, 6.07) is 22.6. The molecular formula is C21H22N2O. The summed E-state index contributed by atoms with van der Waals surface area (Å²) in [5.74, 6) is 0. The minimum Gasteiger partial charge on any atom is -0.392 e. The van der Waals surface area contributed by atoms with Gasteiger partial charge in [-0.25, -0.2) is 0 Å². The Bertz CT molecular complexity index is 754. The van der Waals surface area contributed by atoms with Crippen LogP contribution in [0.2, 0.25) is 0 Å². The van der Waals surface area contributed by atoms with E-state index in [1.807, 2.05) is 36.5 Å². The van der Waals surface area contributed by atoms with Crippen LogP contribution in [0.1, 0.15) is 16.7 Å². The van der Waals surface area contributed by atoms with E-state index in [2.05, 4.69) is 46.7 Å². The van der Waals surface area contributed by atoms with Crippen LogP contribution >= 0.6 is 0 Å². The van der Waals surface area contributed by atoms with E-state index in [1.165, 1.54) is 11.1 Å². The molecule has 2 N–H and O–H groups in total. The van der Waals surface area contributed by atoms with Crippen molar-refractivity contribution in [2.75, 3.05) is 6.54 Å². The Morgan fingerprint density at radius 2 is 1.67 bits per heavy atom. The van der Waals surface area contributed by atoms with Gasteiger partial charge in [0.25, 0.3) is 0 Å². The molecular weight excluding hydrogens is 296 g/mol. The quantitative estimate of drug-likeness (QED) is 0.655. The van der Waals surface area contributed by atoms with Gasteiger partial charge in [0.1, 0.15) is 0 Å². The maximum absolute atomic E-state index is 9.06. The lowest BCUT2D eigenvalue weighted by Gasteiger charge is -2.08. The summed E-state index contributed by atoms with van der Waals surface area (Å²) in [5, 5.41) is 12.5. The van der Waals surface area contributed by atoms with Crippen molar-refractivity contribution in [3.05, 3.63) is 89.6 Å². The number of aliphatic hydroxyl groups excluding tert-OH is 1. The Labute approximate surface area is 143 Å². The van der Waals surface area contributed by atoms with Gasteiger partial charge in [0.2, 0.25) is 0 Å². The van der Waals surface area contributed by atoms with Crippen LogP contribution in [0.15, 0.2) is 72.9 Å². The Morgan fingerprint density at radius 1 is 0.833 bits per heavy atom. The Hall–Kier alpha value is -2.49. The number of hydrogen-bond acceptors (Lipinski definition) is 3. The molecule has 0 fully saturated rings. The molecule has 0 saturated carbocycles. The van der Waals surface area contributed by atoms with Crippen molar-refractivity contribution in [3.8, 4) is 11.3 Å². The van der Waals surface area contributed by atoms with Crippen LogP contribution in [0.5, 0.6) is 0 Å². The predicted octanol–water partition coefficient (Wildman–Crippen LogP) is 3.57. The van der Waals surface area contributed by atoms with Crippen LogP contribution in [0.3, 0.4) is 0 Å². The first-order chi connectivity index (χ1) is 11.8. The van der Waals surface area contributed by atoms with E-state index in [0.29, 0.717) is 0 Å². The zero-order valence-corrected chi connectivity index (χ0v) is 13.7. The van der Waals surface area contributed by atoms with Gasteiger partial charge in [-0.05, 0) is 47.9 Å². The molecule has 0 spiro atoms. The van der Waals surface area contributed by atoms with Gasteiger partial charge in [-0.1, -0.05) is 48.5 Å². The zero-order valence-electron chi connectivity index (χ0n) is 13.7. The van der Waals surface area contributed by atoms with E-state index < -0.39 is 0 Å². The monoisotopic (exact) mass is 318 g/mol. The van der Waals surface area contributed by atoms with Gasteiger partial charge in [0.05, 0.1) is 12.3 Å². The largest absolute Gasteiger partial charge is 0.392 e.